The van der Waals surface area contributed by atoms with Crippen molar-refractivity contribution in [3.63, 3.8) is 0 Å². The monoisotopic (exact) mass is 567 g/mol. The summed E-state index contributed by atoms with van der Waals surface area (Å²) < 4.78 is 45.2. The van der Waals surface area contributed by atoms with Gasteiger partial charge < -0.3 is 19.9 Å². The van der Waals surface area contributed by atoms with Crippen LogP contribution in [-0.2, 0) is 12.6 Å². The number of carbonyl (C=O) groups is 1. The molecule has 4 aromatic rings. The second-order valence-corrected chi connectivity index (χ2v) is 9.99. The second kappa shape index (κ2) is 12.5. The lowest BCUT2D eigenvalue weighted by atomic mass is 9.99. The Morgan fingerprint density at radius 1 is 1.02 bits per heavy atom. The Bertz CT molecular complexity index is 1540. The van der Waals surface area contributed by atoms with Crippen LogP contribution in [0.25, 0.3) is 11.0 Å². The lowest BCUT2D eigenvalue weighted by molar-refractivity contribution is -0.138. The lowest BCUT2D eigenvalue weighted by Crippen LogP contribution is -2.24. The number of nitrogens with one attached hydrogen (secondary N) is 1. The van der Waals surface area contributed by atoms with Crippen LogP contribution in [0.15, 0.2) is 48.9 Å². The maximum atomic E-state index is 13.5. The first-order chi connectivity index (χ1) is 19.5. The largest absolute Gasteiger partial charge is 0.496 e. The maximum absolute atomic E-state index is 13.5. The van der Waals surface area contributed by atoms with Crippen molar-refractivity contribution in [1.29, 1.82) is 0 Å². The first kappa shape index (κ1) is 29.7. The van der Waals surface area contributed by atoms with Gasteiger partial charge in [-0.25, -0.2) is 19.9 Å². The fourth-order valence-corrected chi connectivity index (χ4v) is 4.28. The summed E-state index contributed by atoms with van der Waals surface area (Å²) in [7, 11) is 7.14. The van der Waals surface area contributed by atoms with Crippen LogP contribution in [0.2, 0.25) is 0 Å². The summed E-state index contributed by atoms with van der Waals surface area (Å²) in [5.41, 5.74) is 2.26. The number of nitrogens with zero attached hydrogens (tertiary/aromatic N) is 6. The van der Waals surface area contributed by atoms with Crippen molar-refractivity contribution < 1.29 is 22.7 Å². The molecule has 2 aromatic heterocycles. The quantitative estimate of drug-likeness (QED) is 0.242. The molecular weight excluding hydrogens is 535 g/mol. The number of rotatable bonds is 11. The SMILES string of the molecule is COc1ccc(C(=O)Cc2ccc(C)c(Nc3ncnc4cnc(N(C)CCCN(C)C)nc34)c2)cc1C(F)(F)F. The van der Waals surface area contributed by atoms with E-state index < -0.39 is 17.5 Å². The number of ether oxygens (including phenoxy) is 1. The van der Waals surface area contributed by atoms with Gasteiger partial charge in [0.15, 0.2) is 11.6 Å². The van der Waals surface area contributed by atoms with E-state index in [0.717, 1.165) is 44.3 Å². The number of aromatic nitrogens is 4. The molecule has 2 aromatic carbocycles. The van der Waals surface area contributed by atoms with E-state index in [4.69, 9.17) is 9.72 Å². The average Bonchev–Trinajstić information content (AvgIpc) is 2.93. The number of benzene rings is 2. The zero-order valence-corrected chi connectivity index (χ0v) is 23.6. The van der Waals surface area contributed by atoms with Gasteiger partial charge >= 0.3 is 6.18 Å². The Morgan fingerprint density at radius 2 is 1.80 bits per heavy atom. The van der Waals surface area contributed by atoms with E-state index >= 15 is 0 Å². The van der Waals surface area contributed by atoms with Gasteiger partial charge in [0.2, 0.25) is 5.95 Å². The van der Waals surface area contributed by atoms with Gasteiger partial charge in [-0.3, -0.25) is 4.79 Å². The Labute approximate surface area is 236 Å². The topological polar surface area (TPSA) is 96.4 Å². The number of aryl methyl sites for hydroxylation is 1. The fourth-order valence-electron chi connectivity index (χ4n) is 4.28. The number of fused-ring (bicyclic) bond motifs is 1. The number of anilines is 3. The van der Waals surface area contributed by atoms with Crippen LogP contribution < -0.4 is 15.0 Å². The highest BCUT2D eigenvalue weighted by Crippen LogP contribution is 2.37. The van der Waals surface area contributed by atoms with E-state index in [1.54, 1.807) is 18.3 Å². The molecule has 0 spiro atoms. The molecule has 0 saturated heterocycles. The third-order valence-electron chi connectivity index (χ3n) is 6.55. The Balaban J connectivity index is 1.57. The summed E-state index contributed by atoms with van der Waals surface area (Å²) in [5, 5.41) is 3.29. The van der Waals surface area contributed by atoms with Crippen LogP contribution in [0.4, 0.5) is 30.6 Å². The zero-order valence-electron chi connectivity index (χ0n) is 23.6. The van der Waals surface area contributed by atoms with Crippen molar-refractivity contribution >= 4 is 34.3 Å². The highest BCUT2D eigenvalue weighted by atomic mass is 19.4. The predicted octanol–water partition coefficient (Wildman–Crippen LogP) is 5.31. The Hall–Kier alpha value is -4.32. The highest BCUT2D eigenvalue weighted by molar-refractivity contribution is 5.98. The summed E-state index contributed by atoms with van der Waals surface area (Å²) in [5.74, 6) is 0.231. The first-order valence-corrected chi connectivity index (χ1v) is 12.9. The van der Waals surface area contributed by atoms with E-state index in [1.807, 2.05) is 39.0 Å². The van der Waals surface area contributed by atoms with E-state index in [1.165, 1.54) is 12.4 Å². The molecule has 0 bridgehead atoms. The van der Waals surface area contributed by atoms with Crippen LogP contribution in [0, 0.1) is 6.92 Å². The van der Waals surface area contributed by atoms with Crippen molar-refractivity contribution in [2.24, 2.45) is 0 Å². The van der Waals surface area contributed by atoms with E-state index in [9.17, 15) is 18.0 Å². The van der Waals surface area contributed by atoms with Gasteiger partial charge in [-0.15, -0.1) is 0 Å². The van der Waals surface area contributed by atoms with Gasteiger partial charge in [0.25, 0.3) is 0 Å². The number of hydrogen-bond donors (Lipinski definition) is 1. The van der Waals surface area contributed by atoms with E-state index in [2.05, 4.69) is 25.2 Å². The maximum Gasteiger partial charge on any atom is 0.419 e. The molecule has 0 fully saturated rings. The minimum atomic E-state index is -4.65. The predicted molar refractivity (Wildman–Crippen MR) is 152 cm³/mol. The third-order valence-corrected chi connectivity index (χ3v) is 6.55. The number of alkyl halides is 3. The molecule has 0 saturated carbocycles. The van der Waals surface area contributed by atoms with E-state index in [-0.39, 0.29) is 17.7 Å². The van der Waals surface area contributed by atoms with Gasteiger partial charge in [-0.2, -0.15) is 13.2 Å². The number of ketones is 1. The summed E-state index contributed by atoms with van der Waals surface area (Å²) >= 11 is 0. The average molecular weight is 568 g/mol. The molecule has 216 valence electrons. The van der Waals surface area contributed by atoms with Gasteiger partial charge in [-0.1, -0.05) is 12.1 Å². The molecule has 41 heavy (non-hydrogen) atoms. The number of carbonyl (C=O) groups excluding carboxylic acids is 1. The third kappa shape index (κ3) is 7.26. The van der Waals surface area contributed by atoms with Crippen molar-refractivity contribution in [1.82, 2.24) is 24.8 Å². The van der Waals surface area contributed by atoms with Gasteiger partial charge in [0.1, 0.15) is 23.1 Å². The fraction of sp³-hybridized carbons (Fsp3) is 0.345. The minimum absolute atomic E-state index is 0.0473. The Morgan fingerprint density at radius 3 is 2.51 bits per heavy atom. The molecule has 0 amide bonds. The number of methoxy groups -OCH3 is 1. The number of hydrogen-bond acceptors (Lipinski definition) is 9. The van der Waals surface area contributed by atoms with Crippen molar-refractivity contribution in [2.75, 3.05) is 51.6 Å². The van der Waals surface area contributed by atoms with Gasteiger partial charge in [0, 0.05) is 31.3 Å². The Kier molecular flexibility index (Phi) is 9.01. The van der Waals surface area contributed by atoms with Crippen LogP contribution in [-0.4, -0.2) is 72.0 Å². The molecule has 12 heteroatoms. The molecule has 0 radical (unpaired) electrons. The molecule has 4 rings (SSSR count). The molecule has 0 aliphatic rings. The van der Waals surface area contributed by atoms with Crippen LogP contribution >= 0.6 is 0 Å². The summed E-state index contributed by atoms with van der Waals surface area (Å²) in [6.45, 7) is 3.61. The number of Topliss-reactive ketones (excluding diaryl/α,β-unsaturated/α-hetero) is 1. The van der Waals surface area contributed by atoms with Gasteiger partial charge in [-0.05, 0) is 69.4 Å². The van der Waals surface area contributed by atoms with E-state index in [0.29, 0.717) is 34.1 Å². The molecule has 9 nitrogen and oxygen atoms in total. The zero-order chi connectivity index (χ0) is 29.7. The minimum Gasteiger partial charge on any atom is -0.496 e. The molecule has 0 aliphatic heterocycles. The second-order valence-electron chi connectivity index (χ2n) is 9.99. The smallest absolute Gasteiger partial charge is 0.419 e. The first-order valence-electron chi connectivity index (χ1n) is 12.9. The summed E-state index contributed by atoms with van der Waals surface area (Å²) in [4.78, 5) is 34.9. The summed E-state index contributed by atoms with van der Waals surface area (Å²) in [6.07, 6.45) is -0.724. The molecule has 0 aliphatic carbocycles. The van der Waals surface area contributed by atoms with Crippen molar-refractivity contribution in [2.45, 2.75) is 25.9 Å². The van der Waals surface area contributed by atoms with Crippen LogP contribution in [0.1, 0.15) is 33.5 Å². The molecule has 2 heterocycles. The van der Waals surface area contributed by atoms with Crippen LogP contribution in [0.3, 0.4) is 0 Å². The molecule has 0 atom stereocenters. The number of halogens is 3. The highest BCUT2D eigenvalue weighted by Gasteiger charge is 2.35. The van der Waals surface area contributed by atoms with Crippen molar-refractivity contribution in [3.05, 3.63) is 71.2 Å². The molecule has 0 unspecified atom stereocenters. The standard InChI is InChI=1S/C29H32F3N7O2/c1-18-7-8-19(14-24(40)20-9-10-25(41-5)21(15-20)29(30,31)32)13-22(18)36-27-26-23(34-17-35-27)16-33-28(37-26)39(4)12-6-11-38(2)3/h7-10,13,15-17H,6,11-12,14H2,1-5H3,(H,34,35,36). The van der Waals surface area contributed by atoms with Crippen molar-refractivity contribution in [3.8, 4) is 5.75 Å². The normalized spacial score (nSPS) is 11.6. The lowest BCUT2D eigenvalue weighted by Gasteiger charge is -2.19. The molecular formula is C29H32F3N7O2. The summed E-state index contributed by atoms with van der Waals surface area (Å²) in [6, 6.07) is 8.72. The molecule has 1 N–H and O–H groups in total. The van der Waals surface area contributed by atoms with Gasteiger partial charge in [0.05, 0.1) is 18.9 Å². The van der Waals surface area contributed by atoms with Crippen LogP contribution in [0.5, 0.6) is 5.75 Å².